The molecule has 1 amide bonds. The summed E-state index contributed by atoms with van der Waals surface area (Å²) in [5, 5.41) is 9.16. The molecule has 2 heterocycles. The Morgan fingerprint density at radius 2 is 2.08 bits per heavy atom. The monoisotopic (exact) mass is 391 g/mol. The lowest BCUT2D eigenvalue weighted by molar-refractivity contribution is -0.134. The van der Waals surface area contributed by atoms with Gasteiger partial charge in [0, 0.05) is 23.2 Å². The molecule has 2 fully saturated rings. The molecule has 2 aliphatic rings. The molecule has 0 bridgehead atoms. The van der Waals surface area contributed by atoms with Gasteiger partial charge in [-0.2, -0.15) is 0 Å². The maximum absolute atomic E-state index is 12.7. The molecule has 1 aliphatic heterocycles. The molecule has 5 nitrogen and oxygen atoms in total. The van der Waals surface area contributed by atoms with Crippen LogP contribution in [0.25, 0.3) is 11.5 Å². The summed E-state index contributed by atoms with van der Waals surface area (Å²) in [6, 6.07) is 7.74. The molecular weight excluding hydrogens is 370 g/mol. The number of benzene rings is 1. The summed E-state index contributed by atoms with van der Waals surface area (Å²) in [5.74, 6) is 1.66. The Hall–Kier alpha value is -1.53. The van der Waals surface area contributed by atoms with Crippen LogP contribution in [-0.4, -0.2) is 39.3 Å². The zero-order valence-corrected chi connectivity index (χ0v) is 16.1. The molecule has 1 aromatic heterocycles. The van der Waals surface area contributed by atoms with Crippen molar-refractivity contribution in [1.29, 1.82) is 0 Å². The molecule has 2 unspecified atom stereocenters. The molecule has 0 radical (unpaired) electrons. The van der Waals surface area contributed by atoms with Crippen molar-refractivity contribution < 1.29 is 9.21 Å². The molecule has 0 N–H and O–H groups in total. The molecule has 2 aromatic rings. The first kappa shape index (κ1) is 17.9. The van der Waals surface area contributed by atoms with E-state index in [2.05, 4.69) is 15.1 Å². The van der Waals surface area contributed by atoms with Crippen LogP contribution < -0.4 is 0 Å². The number of aromatic nitrogens is 2. The van der Waals surface area contributed by atoms with Crippen LogP contribution in [0.4, 0.5) is 0 Å². The Labute approximate surface area is 162 Å². The second-order valence-corrected chi connectivity index (χ2v) is 8.38. The minimum atomic E-state index is 0.189. The van der Waals surface area contributed by atoms with Crippen molar-refractivity contribution in [3.8, 4) is 11.5 Å². The van der Waals surface area contributed by atoms with E-state index in [1.165, 1.54) is 37.4 Å². The smallest absolute Gasteiger partial charge is 0.277 e. The number of halogens is 1. The number of carbonyl (C=O) groups excluding carboxylic acids is 1. The lowest BCUT2D eigenvalue weighted by Crippen LogP contribution is -2.50. The van der Waals surface area contributed by atoms with Crippen LogP contribution in [0.15, 0.2) is 33.9 Å². The Balaban J connectivity index is 1.37. The number of thioether (sulfide) groups is 1. The molecule has 26 heavy (non-hydrogen) atoms. The number of hydrogen-bond acceptors (Lipinski definition) is 5. The summed E-state index contributed by atoms with van der Waals surface area (Å²) < 4.78 is 5.68. The van der Waals surface area contributed by atoms with Gasteiger partial charge < -0.3 is 9.32 Å². The molecule has 0 spiro atoms. The van der Waals surface area contributed by atoms with E-state index < -0.39 is 0 Å². The van der Waals surface area contributed by atoms with Crippen molar-refractivity contribution in [2.24, 2.45) is 5.92 Å². The Bertz CT molecular complexity index is 780. The highest BCUT2D eigenvalue weighted by molar-refractivity contribution is 7.99. The van der Waals surface area contributed by atoms with Gasteiger partial charge >= 0.3 is 0 Å². The van der Waals surface area contributed by atoms with E-state index in [-0.39, 0.29) is 5.91 Å². The first-order valence-electron chi connectivity index (χ1n) is 9.22. The Morgan fingerprint density at radius 1 is 1.23 bits per heavy atom. The van der Waals surface area contributed by atoms with E-state index in [0.29, 0.717) is 33.8 Å². The fourth-order valence-corrected chi connectivity index (χ4v) is 4.99. The number of piperidine rings is 1. The third-order valence-electron chi connectivity index (χ3n) is 5.36. The van der Waals surface area contributed by atoms with Gasteiger partial charge in [0.2, 0.25) is 11.8 Å². The Kier molecular flexibility index (Phi) is 5.50. The van der Waals surface area contributed by atoms with Crippen molar-refractivity contribution in [1.82, 2.24) is 15.1 Å². The van der Waals surface area contributed by atoms with E-state index in [0.717, 1.165) is 24.9 Å². The molecule has 4 rings (SSSR count). The molecule has 2 atom stereocenters. The molecule has 7 heteroatoms. The summed E-state index contributed by atoms with van der Waals surface area (Å²) in [4.78, 5) is 14.9. The quantitative estimate of drug-likeness (QED) is 0.709. The first-order valence-corrected chi connectivity index (χ1v) is 10.6. The summed E-state index contributed by atoms with van der Waals surface area (Å²) in [6.45, 7) is 0.887. The van der Waals surface area contributed by atoms with Crippen LogP contribution >= 0.6 is 23.4 Å². The van der Waals surface area contributed by atoms with Crippen LogP contribution in [0.5, 0.6) is 0 Å². The zero-order chi connectivity index (χ0) is 17.9. The highest BCUT2D eigenvalue weighted by atomic mass is 35.5. The maximum atomic E-state index is 12.7. The zero-order valence-electron chi connectivity index (χ0n) is 14.6. The van der Waals surface area contributed by atoms with Crippen molar-refractivity contribution in [2.75, 3.05) is 12.3 Å². The van der Waals surface area contributed by atoms with Gasteiger partial charge in [0.1, 0.15) is 0 Å². The lowest BCUT2D eigenvalue weighted by Gasteiger charge is -2.44. The molecular formula is C19H22ClN3O2S. The van der Waals surface area contributed by atoms with Crippen molar-refractivity contribution in [3.05, 3.63) is 29.3 Å². The summed E-state index contributed by atoms with van der Waals surface area (Å²) in [7, 11) is 0. The third kappa shape index (κ3) is 3.91. The van der Waals surface area contributed by atoms with Gasteiger partial charge in [-0.05, 0) is 49.8 Å². The molecule has 1 saturated carbocycles. The summed E-state index contributed by atoms with van der Waals surface area (Å²) >= 11 is 7.32. The van der Waals surface area contributed by atoms with E-state index >= 15 is 0 Å². The number of fused-ring (bicyclic) bond motifs is 1. The number of rotatable bonds is 4. The topological polar surface area (TPSA) is 59.2 Å². The molecule has 1 aliphatic carbocycles. The van der Waals surface area contributed by atoms with Gasteiger partial charge in [-0.15, -0.1) is 10.2 Å². The van der Waals surface area contributed by atoms with Crippen molar-refractivity contribution >= 4 is 29.3 Å². The van der Waals surface area contributed by atoms with Crippen molar-refractivity contribution in [2.45, 2.75) is 49.8 Å². The second-order valence-electron chi connectivity index (χ2n) is 7.01. The second kappa shape index (κ2) is 8.01. The predicted molar refractivity (Wildman–Crippen MR) is 102 cm³/mol. The van der Waals surface area contributed by atoms with Crippen LogP contribution in [0.2, 0.25) is 5.02 Å². The summed E-state index contributed by atoms with van der Waals surface area (Å²) in [5.41, 5.74) is 0.782. The minimum absolute atomic E-state index is 0.189. The Morgan fingerprint density at radius 3 is 2.96 bits per heavy atom. The number of carbonyl (C=O) groups is 1. The fourth-order valence-electron chi connectivity index (χ4n) is 4.15. The number of hydrogen-bond donors (Lipinski definition) is 0. The molecule has 138 valence electrons. The van der Waals surface area contributed by atoms with Gasteiger partial charge in [-0.3, -0.25) is 4.79 Å². The summed E-state index contributed by atoms with van der Waals surface area (Å²) in [6.07, 6.45) is 7.37. The van der Waals surface area contributed by atoms with Gasteiger partial charge in [0.15, 0.2) is 0 Å². The average molecular weight is 392 g/mol. The van der Waals surface area contributed by atoms with Crippen LogP contribution in [-0.2, 0) is 4.79 Å². The normalized spacial score (nSPS) is 22.9. The third-order valence-corrected chi connectivity index (χ3v) is 6.40. The number of likely N-dealkylation sites (tertiary alicyclic amines) is 1. The molecule has 1 aromatic carbocycles. The van der Waals surface area contributed by atoms with Gasteiger partial charge in [0.05, 0.1) is 5.75 Å². The van der Waals surface area contributed by atoms with Crippen LogP contribution in [0, 0.1) is 5.92 Å². The van der Waals surface area contributed by atoms with Gasteiger partial charge in [-0.25, -0.2) is 0 Å². The highest BCUT2D eigenvalue weighted by Crippen LogP contribution is 2.35. The minimum Gasteiger partial charge on any atom is -0.411 e. The first-order chi connectivity index (χ1) is 12.7. The van der Waals surface area contributed by atoms with E-state index in [9.17, 15) is 4.79 Å². The van der Waals surface area contributed by atoms with Crippen molar-refractivity contribution in [3.63, 3.8) is 0 Å². The standard InChI is InChI=1S/C19H22ClN3O2S/c20-15-8-3-6-14(11-15)18-21-22-19(25-18)26-12-17(24)23-10-4-7-13-5-1-2-9-16(13)23/h3,6,8,11,13,16H,1-2,4-5,7,9-10,12H2. The number of nitrogens with zero attached hydrogens (tertiary/aromatic N) is 3. The maximum Gasteiger partial charge on any atom is 0.277 e. The fraction of sp³-hybridized carbons (Fsp3) is 0.526. The lowest BCUT2D eigenvalue weighted by atomic mass is 9.78. The van der Waals surface area contributed by atoms with Gasteiger partial charge in [-0.1, -0.05) is 42.3 Å². The number of amides is 1. The predicted octanol–water partition coefficient (Wildman–Crippen LogP) is 4.66. The van der Waals surface area contributed by atoms with E-state index in [1.54, 1.807) is 12.1 Å². The van der Waals surface area contributed by atoms with E-state index in [4.69, 9.17) is 16.0 Å². The van der Waals surface area contributed by atoms with E-state index in [1.807, 2.05) is 12.1 Å². The van der Waals surface area contributed by atoms with Crippen LogP contribution in [0.1, 0.15) is 38.5 Å². The van der Waals surface area contributed by atoms with Crippen LogP contribution in [0.3, 0.4) is 0 Å². The van der Waals surface area contributed by atoms with Gasteiger partial charge in [0.25, 0.3) is 5.22 Å². The molecule has 1 saturated heterocycles. The highest BCUT2D eigenvalue weighted by Gasteiger charge is 2.35. The average Bonchev–Trinajstić information content (AvgIpc) is 3.15. The largest absolute Gasteiger partial charge is 0.411 e. The SMILES string of the molecule is O=C(CSc1nnc(-c2cccc(Cl)c2)o1)N1CCCC2CCCCC21.